The minimum atomic E-state index is -1.26. The normalized spacial score (nSPS) is 15.7. The molecule has 0 aliphatic carbocycles. The van der Waals surface area contributed by atoms with Crippen molar-refractivity contribution in [1.82, 2.24) is 0 Å². The number of rotatable bonds is 4. The Morgan fingerprint density at radius 3 is 2.12 bits per heavy atom. The lowest BCUT2D eigenvalue weighted by molar-refractivity contribution is -0.222. The van der Waals surface area contributed by atoms with Gasteiger partial charge >= 0.3 is 11.9 Å². The molecule has 0 saturated carbocycles. The smallest absolute Gasteiger partial charge is 0.350 e. The Bertz CT molecular complexity index is 853. The molecule has 0 bridgehead atoms. The summed E-state index contributed by atoms with van der Waals surface area (Å²) in [5.74, 6) is -2.73. The van der Waals surface area contributed by atoms with Crippen LogP contribution in [0.2, 0.25) is 5.02 Å². The molecule has 0 atom stereocenters. The van der Waals surface area contributed by atoms with Gasteiger partial charge in [0.15, 0.2) is 5.57 Å². The Hall–Kier alpha value is -2.99. The highest BCUT2D eigenvalue weighted by molar-refractivity contribution is 6.30. The van der Waals surface area contributed by atoms with E-state index in [9.17, 15) is 9.59 Å². The van der Waals surface area contributed by atoms with E-state index in [0.717, 1.165) is 11.4 Å². The molecule has 3 rings (SSSR count). The van der Waals surface area contributed by atoms with Crippen LogP contribution in [0.3, 0.4) is 0 Å². The topological polar surface area (TPSA) is 76.7 Å². The Kier molecular flexibility index (Phi) is 4.86. The minimum absolute atomic E-state index is 0.203. The van der Waals surface area contributed by atoms with Gasteiger partial charge in [-0.15, -0.1) is 0 Å². The number of halogens is 1. The van der Waals surface area contributed by atoms with Gasteiger partial charge in [-0.3, -0.25) is 0 Å². The highest BCUT2D eigenvalue weighted by Crippen LogP contribution is 2.27. The molecule has 7 heteroatoms. The lowest BCUT2D eigenvalue weighted by Gasteiger charge is -2.29. The summed E-state index contributed by atoms with van der Waals surface area (Å²) < 4.78 is 10.1. The quantitative estimate of drug-likeness (QED) is 0.475. The second-order valence-corrected chi connectivity index (χ2v) is 6.50. The number of carbonyl (C=O) groups is 2. The molecule has 6 nitrogen and oxygen atoms in total. The summed E-state index contributed by atoms with van der Waals surface area (Å²) in [4.78, 5) is 24.0. The van der Waals surface area contributed by atoms with Crippen molar-refractivity contribution in [2.45, 2.75) is 19.6 Å². The van der Waals surface area contributed by atoms with Crippen LogP contribution in [0.15, 0.2) is 60.3 Å². The average Bonchev–Trinajstić information content (AvgIpc) is 2.56. The van der Waals surface area contributed by atoms with Crippen LogP contribution in [-0.2, 0) is 19.1 Å². The molecule has 1 heterocycles. The molecule has 1 saturated heterocycles. The highest BCUT2D eigenvalue weighted by Gasteiger charge is 2.38. The van der Waals surface area contributed by atoms with E-state index in [0.29, 0.717) is 10.7 Å². The van der Waals surface area contributed by atoms with Gasteiger partial charge in [-0.1, -0.05) is 23.7 Å². The first-order valence-corrected chi connectivity index (χ1v) is 8.27. The Morgan fingerprint density at radius 2 is 1.50 bits per heavy atom. The minimum Gasteiger partial charge on any atom is -0.419 e. The van der Waals surface area contributed by atoms with Crippen molar-refractivity contribution in [1.29, 1.82) is 0 Å². The molecular weight excluding hydrogens is 356 g/mol. The van der Waals surface area contributed by atoms with Crippen molar-refractivity contribution in [2.75, 3.05) is 10.6 Å². The van der Waals surface area contributed by atoms with Crippen LogP contribution in [0.1, 0.15) is 13.8 Å². The monoisotopic (exact) mass is 372 g/mol. The van der Waals surface area contributed by atoms with Gasteiger partial charge in [-0.25, -0.2) is 9.59 Å². The molecular formula is C19H17ClN2O4. The fraction of sp³-hybridized carbons (Fsp3) is 0.158. The molecule has 0 aromatic heterocycles. The number of ether oxygens (including phenoxy) is 2. The van der Waals surface area contributed by atoms with E-state index in [4.69, 9.17) is 21.1 Å². The molecule has 0 radical (unpaired) electrons. The zero-order valence-corrected chi connectivity index (χ0v) is 15.0. The van der Waals surface area contributed by atoms with Gasteiger partial charge in [0.2, 0.25) is 0 Å². The van der Waals surface area contributed by atoms with Crippen LogP contribution in [0.25, 0.3) is 0 Å². The van der Waals surface area contributed by atoms with Crippen LogP contribution in [-0.4, -0.2) is 17.7 Å². The van der Waals surface area contributed by atoms with Gasteiger partial charge in [0.05, 0.1) is 11.4 Å². The number of hydrogen-bond acceptors (Lipinski definition) is 6. The lowest BCUT2D eigenvalue weighted by Crippen LogP contribution is -2.42. The van der Waals surface area contributed by atoms with Crippen molar-refractivity contribution in [3.63, 3.8) is 0 Å². The zero-order chi connectivity index (χ0) is 18.7. The standard InChI is InChI=1S/C19H17ClN2O4/c1-19(2)25-17(23)14(18(24)26-19)11-21-15-5-3-4-6-16(15)22-13-9-7-12(20)8-10-13/h3-11,21-22H,1-2H3. The SMILES string of the molecule is CC1(C)OC(=O)C(=CNc2ccccc2Nc2ccc(Cl)cc2)C(=O)O1. The number of esters is 2. The van der Waals surface area contributed by atoms with Crippen LogP contribution < -0.4 is 10.6 Å². The number of cyclic esters (lactones) is 2. The Labute approximate surface area is 155 Å². The first kappa shape index (κ1) is 17.8. The van der Waals surface area contributed by atoms with Gasteiger partial charge in [0.25, 0.3) is 5.79 Å². The third-order valence-corrected chi connectivity index (χ3v) is 3.79. The molecule has 0 amide bonds. The number of nitrogens with one attached hydrogen (secondary N) is 2. The summed E-state index contributed by atoms with van der Waals surface area (Å²) in [7, 11) is 0. The predicted octanol–water partition coefficient (Wildman–Crippen LogP) is 4.22. The van der Waals surface area contributed by atoms with E-state index in [2.05, 4.69) is 10.6 Å². The van der Waals surface area contributed by atoms with Crippen molar-refractivity contribution in [3.8, 4) is 0 Å². The molecule has 2 aromatic carbocycles. The lowest BCUT2D eigenvalue weighted by atomic mass is 10.2. The molecule has 1 aliphatic rings. The molecule has 1 fully saturated rings. The van der Waals surface area contributed by atoms with Crippen molar-refractivity contribution in [2.24, 2.45) is 0 Å². The van der Waals surface area contributed by atoms with E-state index in [-0.39, 0.29) is 5.57 Å². The maximum Gasteiger partial charge on any atom is 0.350 e. The summed E-state index contributed by atoms with van der Waals surface area (Å²) in [5, 5.41) is 6.83. The van der Waals surface area contributed by atoms with Gasteiger partial charge in [-0.2, -0.15) is 0 Å². The van der Waals surface area contributed by atoms with Crippen LogP contribution in [0.4, 0.5) is 17.1 Å². The molecule has 134 valence electrons. The summed E-state index contributed by atoms with van der Waals surface area (Å²) in [6.07, 6.45) is 1.28. The first-order valence-electron chi connectivity index (χ1n) is 7.89. The zero-order valence-electron chi connectivity index (χ0n) is 14.2. The number of carbonyl (C=O) groups excluding carboxylic acids is 2. The Balaban J connectivity index is 1.79. The number of hydrogen-bond donors (Lipinski definition) is 2. The summed E-state index contributed by atoms with van der Waals surface area (Å²) >= 11 is 5.89. The van der Waals surface area contributed by atoms with Gasteiger partial charge in [0, 0.05) is 30.8 Å². The van der Waals surface area contributed by atoms with Crippen molar-refractivity contribution < 1.29 is 19.1 Å². The third-order valence-electron chi connectivity index (χ3n) is 3.54. The van der Waals surface area contributed by atoms with Crippen LogP contribution in [0.5, 0.6) is 0 Å². The summed E-state index contributed by atoms with van der Waals surface area (Å²) in [5.41, 5.74) is 2.06. The van der Waals surface area contributed by atoms with Crippen LogP contribution >= 0.6 is 11.6 Å². The molecule has 0 unspecified atom stereocenters. The fourth-order valence-corrected chi connectivity index (χ4v) is 2.46. The number of benzene rings is 2. The summed E-state index contributed by atoms with van der Waals surface area (Å²) in [6, 6.07) is 14.6. The van der Waals surface area contributed by atoms with E-state index in [1.807, 2.05) is 30.3 Å². The van der Waals surface area contributed by atoms with E-state index in [1.165, 1.54) is 20.0 Å². The van der Waals surface area contributed by atoms with Crippen LogP contribution in [0, 0.1) is 0 Å². The fourth-order valence-electron chi connectivity index (χ4n) is 2.34. The van der Waals surface area contributed by atoms with Crippen molar-refractivity contribution >= 4 is 40.6 Å². The second-order valence-electron chi connectivity index (χ2n) is 6.06. The first-order chi connectivity index (χ1) is 12.3. The van der Waals surface area contributed by atoms with Gasteiger partial charge in [-0.05, 0) is 36.4 Å². The number of anilines is 3. The Morgan fingerprint density at radius 1 is 0.923 bits per heavy atom. The predicted molar refractivity (Wildman–Crippen MR) is 99.1 cm³/mol. The van der Waals surface area contributed by atoms with E-state index < -0.39 is 17.7 Å². The largest absolute Gasteiger partial charge is 0.419 e. The molecule has 0 spiro atoms. The van der Waals surface area contributed by atoms with Gasteiger partial charge < -0.3 is 20.1 Å². The van der Waals surface area contributed by atoms with Gasteiger partial charge in [0.1, 0.15) is 0 Å². The maximum atomic E-state index is 12.0. The summed E-state index contributed by atoms with van der Waals surface area (Å²) in [6.45, 7) is 3.00. The molecule has 2 N–H and O–H groups in total. The molecule has 26 heavy (non-hydrogen) atoms. The number of para-hydroxylation sites is 2. The maximum absolute atomic E-state index is 12.0. The van der Waals surface area contributed by atoms with Crippen molar-refractivity contribution in [3.05, 3.63) is 65.3 Å². The van der Waals surface area contributed by atoms with E-state index >= 15 is 0 Å². The third kappa shape index (κ3) is 4.15. The highest BCUT2D eigenvalue weighted by atomic mass is 35.5. The molecule has 2 aromatic rings. The second kappa shape index (κ2) is 7.09. The average molecular weight is 373 g/mol. The van der Waals surface area contributed by atoms with E-state index in [1.54, 1.807) is 18.2 Å². The molecule has 1 aliphatic heterocycles.